The number of hydrogen-bond acceptors (Lipinski definition) is 4. The van der Waals surface area contributed by atoms with E-state index in [1.54, 1.807) is 7.11 Å². The smallest absolute Gasteiger partial charge is 0.188 e. The van der Waals surface area contributed by atoms with Crippen molar-refractivity contribution in [3.8, 4) is 11.5 Å². The molecule has 0 amide bonds. The van der Waals surface area contributed by atoms with Crippen LogP contribution >= 0.6 is 0 Å². The minimum atomic E-state index is 0.249. The molecule has 116 valence electrons. The Labute approximate surface area is 126 Å². The summed E-state index contributed by atoms with van der Waals surface area (Å²) in [5.74, 6) is 2.87. The number of ether oxygens (including phenoxy) is 3. The quantitative estimate of drug-likeness (QED) is 0.847. The standard InChI is InChI=1S/C17H25NO3/c1-12-6-7-15(16(8-12)20-11-19-2)21-17-13-4-3-5-14(17)10-18-9-13/h6-8,13-14,17-18H,3-5,9-11H2,1-2H3/t13-,14+,17?. The van der Waals surface area contributed by atoms with Crippen LogP contribution in [0.5, 0.6) is 11.5 Å². The van der Waals surface area contributed by atoms with E-state index in [0.717, 1.165) is 24.6 Å². The molecule has 1 heterocycles. The Kier molecular flexibility index (Phi) is 4.66. The van der Waals surface area contributed by atoms with Gasteiger partial charge in [-0.05, 0) is 37.5 Å². The van der Waals surface area contributed by atoms with Crippen molar-refractivity contribution in [1.29, 1.82) is 0 Å². The zero-order chi connectivity index (χ0) is 14.7. The van der Waals surface area contributed by atoms with Crippen molar-refractivity contribution in [2.45, 2.75) is 32.3 Å². The summed E-state index contributed by atoms with van der Waals surface area (Å²) in [6, 6.07) is 6.12. The van der Waals surface area contributed by atoms with Crippen LogP contribution in [0.3, 0.4) is 0 Å². The highest BCUT2D eigenvalue weighted by Crippen LogP contribution is 2.37. The Hall–Kier alpha value is -1.26. The maximum Gasteiger partial charge on any atom is 0.188 e. The Bertz CT molecular complexity index is 455. The molecule has 1 aromatic carbocycles. The van der Waals surface area contributed by atoms with Crippen molar-refractivity contribution in [3.05, 3.63) is 23.8 Å². The number of fused-ring (bicyclic) bond motifs is 2. The van der Waals surface area contributed by atoms with Crippen LogP contribution in [0.1, 0.15) is 24.8 Å². The summed E-state index contributed by atoms with van der Waals surface area (Å²) in [5.41, 5.74) is 1.17. The lowest BCUT2D eigenvalue weighted by Crippen LogP contribution is -2.51. The van der Waals surface area contributed by atoms with Gasteiger partial charge >= 0.3 is 0 Å². The highest BCUT2D eigenvalue weighted by atomic mass is 16.7. The average Bonchev–Trinajstić information content (AvgIpc) is 2.47. The number of benzene rings is 1. The molecule has 21 heavy (non-hydrogen) atoms. The zero-order valence-corrected chi connectivity index (χ0v) is 12.9. The van der Waals surface area contributed by atoms with Crippen molar-refractivity contribution in [2.75, 3.05) is 27.0 Å². The van der Waals surface area contributed by atoms with E-state index in [9.17, 15) is 0 Å². The van der Waals surface area contributed by atoms with E-state index in [0.29, 0.717) is 17.9 Å². The Morgan fingerprint density at radius 2 is 1.90 bits per heavy atom. The predicted molar refractivity (Wildman–Crippen MR) is 81.8 cm³/mol. The molecule has 1 aliphatic carbocycles. The van der Waals surface area contributed by atoms with Crippen molar-refractivity contribution < 1.29 is 14.2 Å². The van der Waals surface area contributed by atoms with E-state index < -0.39 is 0 Å². The van der Waals surface area contributed by atoms with Gasteiger partial charge in [0.2, 0.25) is 0 Å². The molecule has 0 aromatic heterocycles. The number of hydrogen-bond donors (Lipinski definition) is 1. The lowest BCUT2D eigenvalue weighted by atomic mass is 9.76. The van der Waals surface area contributed by atoms with Crippen LogP contribution in [0.4, 0.5) is 0 Å². The largest absolute Gasteiger partial charge is 0.486 e. The number of methoxy groups -OCH3 is 1. The van der Waals surface area contributed by atoms with Gasteiger partial charge in [-0.15, -0.1) is 0 Å². The van der Waals surface area contributed by atoms with E-state index in [2.05, 4.69) is 18.3 Å². The molecule has 4 nitrogen and oxygen atoms in total. The monoisotopic (exact) mass is 291 g/mol. The average molecular weight is 291 g/mol. The zero-order valence-electron chi connectivity index (χ0n) is 12.9. The Balaban J connectivity index is 1.77. The van der Waals surface area contributed by atoms with Gasteiger partial charge in [-0.25, -0.2) is 0 Å². The highest BCUT2D eigenvalue weighted by Gasteiger charge is 2.38. The normalized spacial score (nSPS) is 28.2. The molecule has 2 bridgehead atoms. The van der Waals surface area contributed by atoms with Gasteiger partial charge in [0, 0.05) is 32.0 Å². The molecule has 1 aromatic rings. The van der Waals surface area contributed by atoms with Gasteiger partial charge in [0.1, 0.15) is 6.10 Å². The van der Waals surface area contributed by atoms with Gasteiger partial charge in [-0.1, -0.05) is 12.5 Å². The van der Waals surface area contributed by atoms with Crippen LogP contribution in [0.25, 0.3) is 0 Å². The summed E-state index contributed by atoms with van der Waals surface area (Å²) in [6.45, 7) is 4.45. The first-order valence-electron chi connectivity index (χ1n) is 7.87. The summed E-state index contributed by atoms with van der Waals surface area (Å²) in [7, 11) is 1.63. The molecule has 3 atom stereocenters. The van der Waals surface area contributed by atoms with Crippen LogP contribution < -0.4 is 14.8 Å². The van der Waals surface area contributed by atoms with Gasteiger partial charge in [-0.2, -0.15) is 0 Å². The summed E-state index contributed by atoms with van der Waals surface area (Å²) in [6.07, 6.45) is 4.16. The van der Waals surface area contributed by atoms with Crippen molar-refractivity contribution >= 4 is 0 Å². The van der Waals surface area contributed by atoms with Crippen LogP contribution in [0.15, 0.2) is 18.2 Å². The second-order valence-electron chi connectivity index (χ2n) is 6.19. The molecule has 1 saturated heterocycles. The molecule has 1 N–H and O–H groups in total. The summed E-state index contributed by atoms with van der Waals surface area (Å²) in [4.78, 5) is 0. The molecular formula is C17H25NO3. The first-order valence-corrected chi connectivity index (χ1v) is 7.87. The van der Waals surface area contributed by atoms with Gasteiger partial charge < -0.3 is 19.5 Å². The lowest BCUT2D eigenvalue weighted by molar-refractivity contribution is 0.00816. The summed E-state index contributed by atoms with van der Waals surface area (Å²) >= 11 is 0. The predicted octanol–water partition coefficient (Wildman–Crippen LogP) is 2.74. The topological polar surface area (TPSA) is 39.7 Å². The number of aryl methyl sites for hydroxylation is 1. The van der Waals surface area contributed by atoms with Gasteiger partial charge in [0.25, 0.3) is 0 Å². The Morgan fingerprint density at radius 1 is 1.14 bits per heavy atom. The van der Waals surface area contributed by atoms with Gasteiger partial charge in [0.15, 0.2) is 18.3 Å². The number of piperidine rings is 1. The molecular weight excluding hydrogens is 266 g/mol. The van der Waals surface area contributed by atoms with Crippen LogP contribution in [0, 0.1) is 18.8 Å². The third kappa shape index (κ3) is 3.33. The van der Waals surface area contributed by atoms with Gasteiger partial charge in [0.05, 0.1) is 0 Å². The highest BCUT2D eigenvalue weighted by molar-refractivity contribution is 5.42. The third-order valence-corrected chi connectivity index (χ3v) is 4.59. The van der Waals surface area contributed by atoms with Crippen LogP contribution in [-0.2, 0) is 4.74 Å². The van der Waals surface area contributed by atoms with E-state index in [4.69, 9.17) is 14.2 Å². The second-order valence-corrected chi connectivity index (χ2v) is 6.19. The fourth-order valence-electron chi connectivity index (χ4n) is 3.53. The van der Waals surface area contributed by atoms with Crippen molar-refractivity contribution in [2.24, 2.45) is 11.8 Å². The second kappa shape index (κ2) is 6.67. The molecule has 1 unspecified atom stereocenters. The molecule has 0 radical (unpaired) electrons. The molecule has 4 heteroatoms. The lowest BCUT2D eigenvalue weighted by Gasteiger charge is -2.42. The molecule has 3 rings (SSSR count). The minimum Gasteiger partial charge on any atom is -0.486 e. The summed E-state index contributed by atoms with van der Waals surface area (Å²) < 4.78 is 17.1. The molecule has 0 spiro atoms. The van der Waals surface area contributed by atoms with Crippen LogP contribution in [0.2, 0.25) is 0 Å². The number of nitrogens with one attached hydrogen (secondary N) is 1. The van der Waals surface area contributed by atoms with E-state index in [1.807, 2.05) is 12.1 Å². The van der Waals surface area contributed by atoms with Gasteiger partial charge in [-0.3, -0.25) is 0 Å². The number of rotatable bonds is 5. The Morgan fingerprint density at radius 3 is 2.62 bits per heavy atom. The van der Waals surface area contributed by atoms with Crippen molar-refractivity contribution in [1.82, 2.24) is 5.32 Å². The van der Waals surface area contributed by atoms with E-state index in [1.165, 1.54) is 24.8 Å². The van der Waals surface area contributed by atoms with E-state index in [-0.39, 0.29) is 6.79 Å². The maximum atomic E-state index is 6.38. The SMILES string of the molecule is COCOc1cc(C)ccc1OC1[C@@H]2CCC[C@H]1CNC2. The van der Waals surface area contributed by atoms with Crippen molar-refractivity contribution in [3.63, 3.8) is 0 Å². The summed E-state index contributed by atoms with van der Waals surface area (Å²) in [5, 5.41) is 3.53. The first-order chi connectivity index (χ1) is 10.3. The third-order valence-electron chi connectivity index (χ3n) is 4.59. The molecule has 1 aliphatic heterocycles. The molecule has 1 saturated carbocycles. The maximum absolute atomic E-state index is 6.38. The van der Waals surface area contributed by atoms with Crippen LogP contribution in [-0.4, -0.2) is 33.1 Å². The molecule has 2 fully saturated rings. The minimum absolute atomic E-state index is 0.249. The first kappa shape index (κ1) is 14.7. The van der Waals surface area contributed by atoms with E-state index >= 15 is 0 Å². The fraction of sp³-hybridized carbons (Fsp3) is 0.647. The fourth-order valence-corrected chi connectivity index (χ4v) is 3.53. The molecule has 2 aliphatic rings.